The van der Waals surface area contributed by atoms with Gasteiger partial charge in [-0.05, 0) is 44.9 Å². The molecule has 0 saturated carbocycles. The summed E-state index contributed by atoms with van der Waals surface area (Å²) >= 11 is 1.48. The van der Waals surface area contributed by atoms with Crippen LogP contribution in [0.3, 0.4) is 0 Å². The van der Waals surface area contributed by atoms with Crippen LogP contribution in [0.5, 0.6) is 0 Å². The number of carbonyl (C=O) groups is 1. The van der Waals surface area contributed by atoms with Gasteiger partial charge in [0.15, 0.2) is 0 Å². The quantitative estimate of drug-likeness (QED) is 0.838. The lowest BCUT2D eigenvalue weighted by molar-refractivity contribution is 0.0908. The standard InChI is InChI=1S/C17H23N3OS.ClH/c1-12-6-4-5-7-13(12)10-17(2,3)20-16(21)14-11-22-15(19-14)8-9-18;/h4-7,11H,8-10,18H2,1-3H3,(H,20,21);1H. The van der Waals surface area contributed by atoms with Crippen molar-refractivity contribution in [3.63, 3.8) is 0 Å². The summed E-state index contributed by atoms with van der Waals surface area (Å²) < 4.78 is 0. The molecule has 0 aliphatic carbocycles. The number of thiazole rings is 1. The van der Waals surface area contributed by atoms with E-state index in [1.165, 1.54) is 22.5 Å². The molecule has 3 N–H and O–H groups in total. The first kappa shape index (κ1) is 19.6. The summed E-state index contributed by atoms with van der Waals surface area (Å²) in [4.78, 5) is 16.7. The Morgan fingerprint density at radius 3 is 2.70 bits per heavy atom. The molecular formula is C17H24ClN3OS. The van der Waals surface area contributed by atoms with Gasteiger partial charge in [0, 0.05) is 17.3 Å². The van der Waals surface area contributed by atoms with E-state index in [1.54, 1.807) is 5.38 Å². The highest BCUT2D eigenvalue weighted by Gasteiger charge is 2.23. The summed E-state index contributed by atoms with van der Waals surface area (Å²) in [6, 6.07) is 8.25. The molecule has 126 valence electrons. The van der Waals surface area contributed by atoms with E-state index in [4.69, 9.17) is 5.73 Å². The van der Waals surface area contributed by atoms with Crippen molar-refractivity contribution in [1.29, 1.82) is 0 Å². The monoisotopic (exact) mass is 353 g/mol. The molecule has 0 aliphatic heterocycles. The van der Waals surface area contributed by atoms with Gasteiger partial charge in [0.2, 0.25) is 0 Å². The van der Waals surface area contributed by atoms with Gasteiger partial charge in [0.1, 0.15) is 5.69 Å². The number of carbonyl (C=O) groups excluding carboxylic acids is 1. The van der Waals surface area contributed by atoms with Crippen molar-refractivity contribution >= 4 is 29.7 Å². The van der Waals surface area contributed by atoms with Crippen LogP contribution in [-0.2, 0) is 12.8 Å². The molecule has 6 heteroatoms. The Balaban J connectivity index is 0.00000264. The van der Waals surface area contributed by atoms with Crippen LogP contribution in [-0.4, -0.2) is 23.0 Å². The zero-order valence-electron chi connectivity index (χ0n) is 13.8. The van der Waals surface area contributed by atoms with E-state index < -0.39 is 0 Å². The average molecular weight is 354 g/mol. The molecule has 0 spiro atoms. The molecule has 1 amide bonds. The van der Waals surface area contributed by atoms with E-state index in [2.05, 4.69) is 29.4 Å². The maximum Gasteiger partial charge on any atom is 0.271 e. The number of amides is 1. The van der Waals surface area contributed by atoms with Gasteiger partial charge >= 0.3 is 0 Å². The largest absolute Gasteiger partial charge is 0.345 e. The lowest BCUT2D eigenvalue weighted by atomic mass is 9.92. The third-order valence-corrected chi connectivity index (χ3v) is 4.40. The number of aryl methyl sites for hydroxylation is 1. The fourth-order valence-corrected chi connectivity index (χ4v) is 3.15. The maximum atomic E-state index is 12.4. The molecule has 23 heavy (non-hydrogen) atoms. The smallest absolute Gasteiger partial charge is 0.271 e. The normalized spacial score (nSPS) is 11.0. The van der Waals surface area contributed by atoms with Gasteiger partial charge in [-0.1, -0.05) is 24.3 Å². The number of nitrogens with one attached hydrogen (secondary N) is 1. The van der Waals surface area contributed by atoms with Gasteiger partial charge in [-0.15, -0.1) is 23.7 Å². The van der Waals surface area contributed by atoms with Crippen molar-refractivity contribution in [3.05, 3.63) is 51.5 Å². The van der Waals surface area contributed by atoms with E-state index in [9.17, 15) is 4.79 Å². The first-order valence-electron chi connectivity index (χ1n) is 7.43. The van der Waals surface area contributed by atoms with Crippen LogP contribution in [0.25, 0.3) is 0 Å². The molecule has 4 nitrogen and oxygen atoms in total. The number of hydrogen-bond donors (Lipinski definition) is 2. The molecule has 0 saturated heterocycles. The minimum Gasteiger partial charge on any atom is -0.345 e. The lowest BCUT2D eigenvalue weighted by Crippen LogP contribution is -2.45. The first-order valence-corrected chi connectivity index (χ1v) is 8.31. The van der Waals surface area contributed by atoms with Crippen molar-refractivity contribution in [3.8, 4) is 0 Å². The summed E-state index contributed by atoms with van der Waals surface area (Å²) in [5, 5.41) is 5.78. The summed E-state index contributed by atoms with van der Waals surface area (Å²) in [5.74, 6) is -0.127. The summed E-state index contributed by atoms with van der Waals surface area (Å²) in [6.45, 7) is 6.70. The molecule has 0 radical (unpaired) electrons. The van der Waals surface area contributed by atoms with E-state index in [0.29, 0.717) is 18.7 Å². The second-order valence-electron chi connectivity index (χ2n) is 6.11. The van der Waals surface area contributed by atoms with E-state index >= 15 is 0 Å². The van der Waals surface area contributed by atoms with Crippen LogP contribution in [0.1, 0.15) is 40.5 Å². The number of halogens is 1. The molecular weight excluding hydrogens is 330 g/mol. The van der Waals surface area contributed by atoms with Gasteiger partial charge in [-0.25, -0.2) is 4.98 Å². The highest BCUT2D eigenvalue weighted by atomic mass is 35.5. The second kappa shape index (κ2) is 8.43. The SMILES string of the molecule is Cc1ccccc1CC(C)(C)NC(=O)c1csc(CCN)n1.Cl. The molecule has 1 aromatic carbocycles. The van der Waals surface area contributed by atoms with Crippen molar-refractivity contribution in [2.24, 2.45) is 5.73 Å². The molecule has 2 aromatic rings. The molecule has 1 aromatic heterocycles. The molecule has 2 rings (SSSR count). The molecule has 0 fully saturated rings. The number of hydrogen-bond acceptors (Lipinski definition) is 4. The highest BCUT2D eigenvalue weighted by molar-refractivity contribution is 7.09. The molecule has 1 heterocycles. The Bertz CT molecular complexity index is 655. The van der Waals surface area contributed by atoms with Crippen molar-refractivity contribution in [1.82, 2.24) is 10.3 Å². The van der Waals surface area contributed by atoms with Crippen LogP contribution in [0, 0.1) is 6.92 Å². The van der Waals surface area contributed by atoms with Crippen molar-refractivity contribution in [2.45, 2.75) is 39.2 Å². The van der Waals surface area contributed by atoms with Crippen molar-refractivity contribution < 1.29 is 4.79 Å². The van der Waals surface area contributed by atoms with Gasteiger partial charge in [0.25, 0.3) is 5.91 Å². The van der Waals surface area contributed by atoms with E-state index in [-0.39, 0.29) is 23.9 Å². The van der Waals surface area contributed by atoms with Crippen molar-refractivity contribution in [2.75, 3.05) is 6.54 Å². The Kier molecular flexibility index (Phi) is 7.19. The third-order valence-electron chi connectivity index (χ3n) is 3.49. The topological polar surface area (TPSA) is 68.0 Å². The second-order valence-corrected chi connectivity index (χ2v) is 7.05. The first-order chi connectivity index (χ1) is 10.4. The van der Waals surface area contributed by atoms with Gasteiger partial charge in [0.05, 0.1) is 5.01 Å². The number of nitrogens with zero attached hydrogens (tertiary/aromatic N) is 1. The van der Waals surface area contributed by atoms with Crippen LogP contribution < -0.4 is 11.1 Å². The van der Waals surface area contributed by atoms with E-state index in [1.807, 2.05) is 26.0 Å². The summed E-state index contributed by atoms with van der Waals surface area (Å²) in [6.07, 6.45) is 1.50. The molecule has 0 atom stereocenters. The summed E-state index contributed by atoms with van der Waals surface area (Å²) in [7, 11) is 0. The van der Waals surface area contributed by atoms with Crippen LogP contribution in [0.4, 0.5) is 0 Å². The predicted octanol–water partition coefficient (Wildman–Crippen LogP) is 3.13. The Morgan fingerprint density at radius 1 is 1.35 bits per heavy atom. The fourth-order valence-electron chi connectivity index (χ4n) is 2.35. The third kappa shape index (κ3) is 5.61. The Labute approximate surface area is 147 Å². The minimum atomic E-state index is -0.332. The van der Waals surface area contributed by atoms with E-state index in [0.717, 1.165) is 11.4 Å². The van der Waals surface area contributed by atoms with Gasteiger partial charge < -0.3 is 11.1 Å². The minimum absolute atomic E-state index is 0. The predicted molar refractivity (Wildman–Crippen MR) is 98.5 cm³/mol. The van der Waals surface area contributed by atoms with Crippen LogP contribution >= 0.6 is 23.7 Å². The zero-order chi connectivity index (χ0) is 16.2. The number of aromatic nitrogens is 1. The molecule has 0 unspecified atom stereocenters. The highest BCUT2D eigenvalue weighted by Crippen LogP contribution is 2.17. The molecule has 0 bridgehead atoms. The number of benzene rings is 1. The fraction of sp³-hybridized carbons (Fsp3) is 0.412. The Morgan fingerprint density at radius 2 is 2.04 bits per heavy atom. The summed E-state index contributed by atoms with van der Waals surface area (Å²) in [5.41, 5.74) is 8.14. The lowest BCUT2D eigenvalue weighted by Gasteiger charge is -2.26. The average Bonchev–Trinajstić information content (AvgIpc) is 2.90. The molecule has 0 aliphatic rings. The van der Waals surface area contributed by atoms with Crippen LogP contribution in [0.2, 0.25) is 0 Å². The number of nitrogens with two attached hydrogens (primary N) is 1. The Hall–Kier alpha value is -1.43. The van der Waals surface area contributed by atoms with Gasteiger partial charge in [-0.3, -0.25) is 4.79 Å². The maximum absolute atomic E-state index is 12.4. The van der Waals surface area contributed by atoms with Crippen LogP contribution in [0.15, 0.2) is 29.6 Å². The number of rotatable bonds is 6. The van der Waals surface area contributed by atoms with Gasteiger partial charge in [-0.2, -0.15) is 0 Å². The zero-order valence-corrected chi connectivity index (χ0v) is 15.4.